The lowest BCUT2D eigenvalue weighted by Gasteiger charge is -2.08. The Morgan fingerprint density at radius 2 is 1.78 bits per heavy atom. The van der Waals surface area contributed by atoms with Crippen LogP contribution in [-0.4, -0.2) is 5.97 Å². The van der Waals surface area contributed by atoms with E-state index in [9.17, 15) is 4.79 Å². The minimum absolute atomic E-state index is 0.476. The monoisotopic (exact) mass is 236 g/mol. The van der Waals surface area contributed by atoms with Crippen LogP contribution in [0.3, 0.4) is 0 Å². The maximum atomic E-state index is 11.2. The molecular weight excluding hydrogens is 224 g/mol. The van der Waals surface area contributed by atoms with Gasteiger partial charge in [-0.05, 0) is 18.6 Å². The normalized spacial score (nSPS) is 9.56. The van der Waals surface area contributed by atoms with E-state index in [1.54, 1.807) is 12.1 Å². The van der Waals surface area contributed by atoms with Gasteiger partial charge in [0, 0.05) is 11.5 Å². The molecule has 18 heavy (non-hydrogen) atoms. The predicted molar refractivity (Wildman–Crippen MR) is 71.1 cm³/mol. The third-order valence-corrected chi connectivity index (χ3v) is 2.57. The molecule has 0 bridgehead atoms. The molecule has 0 amide bonds. The number of rotatable bonds is 2. The number of para-hydroxylation sites is 1. The number of hydrogen-bond donors (Lipinski definition) is 0. The highest BCUT2D eigenvalue weighted by molar-refractivity contribution is 5.90. The van der Waals surface area contributed by atoms with Gasteiger partial charge in [-0.2, -0.15) is 0 Å². The third kappa shape index (κ3) is 2.58. The Balaban J connectivity index is 2.42. The van der Waals surface area contributed by atoms with Crippen molar-refractivity contribution in [2.24, 2.45) is 0 Å². The van der Waals surface area contributed by atoms with E-state index < -0.39 is 5.97 Å². The number of carbonyl (C=O) groups is 1. The van der Waals surface area contributed by atoms with Crippen LogP contribution in [0, 0.1) is 19.3 Å². The van der Waals surface area contributed by atoms with E-state index in [0.29, 0.717) is 5.75 Å². The van der Waals surface area contributed by atoms with Crippen LogP contribution in [0.1, 0.15) is 5.56 Å². The molecule has 0 aliphatic heterocycles. The average Bonchev–Trinajstić information content (AvgIpc) is 2.40. The molecular formula is C16H12O2. The smallest absolute Gasteiger partial charge is 0.389 e. The second-order valence-electron chi connectivity index (χ2n) is 3.90. The molecule has 0 atom stereocenters. The Morgan fingerprint density at radius 3 is 2.44 bits per heavy atom. The first kappa shape index (κ1) is 11.9. The molecule has 0 radical (unpaired) electrons. The Labute approximate surface area is 106 Å². The topological polar surface area (TPSA) is 26.3 Å². The summed E-state index contributed by atoms with van der Waals surface area (Å²) >= 11 is 0. The first-order valence-corrected chi connectivity index (χ1v) is 5.55. The molecule has 2 heteroatoms. The fourth-order valence-corrected chi connectivity index (χ4v) is 1.66. The zero-order valence-corrected chi connectivity index (χ0v) is 10.0. The van der Waals surface area contributed by atoms with Crippen molar-refractivity contribution in [3.8, 4) is 29.2 Å². The summed E-state index contributed by atoms with van der Waals surface area (Å²) in [4.78, 5) is 11.2. The van der Waals surface area contributed by atoms with E-state index >= 15 is 0 Å². The van der Waals surface area contributed by atoms with Crippen LogP contribution < -0.4 is 4.74 Å². The van der Waals surface area contributed by atoms with Crippen molar-refractivity contribution >= 4 is 5.97 Å². The van der Waals surface area contributed by atoms with Crippen molar-refractivity contribution in [1.82, 2.24) is 0 Å². The predicted octanol–water partition coefficient (Wildman–Crippen LogP) is 3.20. The zero-order chi connectivity index (χ0) is 13.0. The number of benzene rings is 2. The Bertz CT molecular complexity index is 604. The summed E-state index contributed by atoms with van der Waals surface area (Å²) in [6.45, 7) is 2.02. The van der Waals surface area contributed by atoms with Crippen LogP contribution in [0.25, 0.3) is 11.1 Å². The number of hydrogen-bond acceptors (Lipinski definition) is 2. The summed E-state index contributed by atoms with van der Waals surface area (Å²) in [5.41, 5.74) is 3.01. The van der Waals surface area contributed by atoms with Crippen molar-refractivity contribution in [2.45, 2.75) is 6.92 Å². The van der Waals surface area contributed by atoms with Crippen molar-refractivity contribution < 1.29 is 9.53 Å². The van der Waals surface area contributed by atoms with Gasteiger partial charge < -0.3 is 4.74 Å². The fourth-order valence-electron chi connectivity index (χ4n) is 1.66. The third-order valence-electron chi connectivity index (χ3n) is 2.57. The number of ether oxygens (including phenoxy) is 1. The highest BCUT2D eigenvalue weighted by Crippen LogP contribution is 2.29. The Morgan fingerprint density at radius 1 is 1.11 bits per heavy atom. The molecule has 0 aliphatic rings. The van der Waals surface area contributed by atoms with E-state index in [1.807, 2.05) is 49.2 Å². The SMILES string of the molecule is C#CC(=O)Oc1ccccc1-c1ccc(C)cc1. The minimum atomic E-state index is -0.686. The quantitative estimate of drug-likeness (QED) is 0.346. The summed E-state index contributed by atoms with van der Waals surface area (Å²) in [7, 11) is 0. The van der Waals surface area contributed by atoms with Gasteiger partial charge in [0.1, 0.15) is 5.75 Å². The average molecular weight is 236 g/mol. The molecule has 88 valence electrons. The number of aryl methyl sites for hydroxylation is 1. The second kappa shape index (κ2) is 5.20. The molecule has 0 N–H and O–H groups in total. The van der Waals surface area contributed by atoms with Gasteiger partial charge in [-0.1, -0.05) is 48.0 Å². The van der Waals surface area contributed by atoms with Crippen LogP contribution in [0.2, 0.25) is 0 Å². The molecule has 0 fully saturated rings. The van der Waals surface area contributed by atoms with Gasteiger partial charge in [-0.3, -0.25) is 0 Å². The molecule has 0 spiro atoms. The Kier molecular flexibility index (Phi) is 3.45. The largest absolute Gasteiger partial charge is 0.416 e. The highest BCUT2D eigenvalue weighted by Gasteiger charge is 2.08. The lowest BCUT2D eigenvalue weighted by molar-refractivity contribution is -0.127. The molecule has 0 unspecified atom stereocenters. The van der Waals surface area contributed by atoms with E-state index in [-0.39, 0.29) is 0 Å². The summed E-state index contributed by atoms with van der Waals surface area (Å²) < 4.78 is 5.10. The zero-order valence-electron chi connectivity index (χ0n) is 10.0. The lowest BCUT2D eigenvalue weighted by atomic mass is 10.0. The van der Waals surface area contributed by atoms with Gasteiger partial charge in [0.15, 0.2) is 0 Å². The van der Waals surface area contributed by atoms with Crippen LogP contribution in [-0.2, 0) is 4.79 Å². The van der Waals surface area contributed by atoms with E-state index in [0.717, 1.165) is 11.1 Å². The summed E-state index contributed by atoms with van der Waals surface area (Å²) in [5, 5.41) is 0. The van der Waals surface area contributed by atoms with Gasteiger partial charge in [0.05, 0.1) is 0 Å². The maximum Gasteiger partial charge on any atom is 0.389 e. The first-order chi connectivity index (χ1) is 8.70. The molecule has 2 aromatic rings. The first-order valence-electron chi connectivity index (χ1n) is 5.55. The molecule has 0 saturated carbocycles. The summed E-state index contributed by atoms with van der Waals surface area (Å²) in [6.07, 6.45) is 5.00. The van der Waals surface area contributed by atoms with E-state index in [1.165, 1.54) is 5.56 Å². The maximum absolute atomic E-state index is 11.2. The number of carbonyl (C=O) groups excluding carboxylic acids is 1. The Hall–Kier alpha value is -2.53. The highest BCUT2D eigenvalue weighted by atomic mass is 16.5. The summed E-state index contributed by atoms with van der Waals surface area (Å²) in [5.74, 6) is 1.73. The summed E-state index contributed by atoms with van der Waals surface area (Å²) in [6, 6.07) is 15.3. The van der Waals surface area contributed by atoms with Gasteiger partial charge >= 0.3 is 5.97 Å². The molecule has 2 aromatic carbocycles. The van der Waals surface area contributed by atoms with E-state index in [2.05, 4.69) is 0 Å². The van der Waals surface area contributed by atoms with Crippen molar-refractivity contribution in [3.63, 3.8) is 0 Å². The number of terminal acetylenes is 1. The van der Waals surface area contributed by atoms with Crippen LogP contribution in [0.5, 0.6) is 5.75 Å². The van der Waals surface area contributed by atoms with Gasteiger partial charge in [-0.25, -0.2) is 4.79 Å². The minimum Gasteiger partial charge on any atom is -0.416 e. The van der Waals surface area contributed by atoms with Crippen LogP contribution in [0.15, 0.2) is 48.5 Å². The molecule has 2 rings (SSSR count). The van der Waals surface area contributed by atoms with Crippen LogP contribution >= 0.6 is 0 Å². The van der Waals surface area contributed by atoms with Crippen molar-refractivity contribution in [2.75, 3.05) is 0 Å². The van der Waals surface area contributed by atoms with Crippen LogP contribution in [0.4, 0.5) is 0 Å². The fraction of sp³-hybridized carbons (Fsp3) is 0.0625. The van der Waals surface area contributed by atoms with Gasteiger partial charge in [0.2, 0.25) is 0 Å². The second-order valence-corrected chi connectivity index (χ2v) is 3.90. The van der Waals surface area contributed by atoms with Crippen molar-refractivity contribution in [1.29, 1.82) is 0 Å². The van der Waals surface area contributed by atoms with Crippen molar-refractivity contribution in [3.05, 3.63) is 54.1 Å². The molecule has 2 nitrogen and oxygen atoms in total. The van der Waals surface area contributed by atoms with Gasteiger partial charge in [-0.15, -0.1) is 6.42 Å². The van der Waals surface area contributed by atoms with Gasteiger partial charge in [0.25, 0.3) is 0 Å². The van der Waals surface area contributed by atoms with E-state index in [4.69, 9.17) is 11.2 Å². The molecule has 0 saturated heterocycles. The molecule has 0 aromatic heterocycles. The molecule has 0 aliphatic carbocycles. The standard InChI is InChI=1S/C16H12O2/c1-3-16(17)18-15-7-5-4-6-14(15)13-10-8-12(2)9-11-13/h1,4-11H,2H3. The molecule has 0 heterocycles. The lowest BCUT2D eigenvalue weighted by Crippen LogP contribution is -2.04. The number of esters is 1.